The van der Waals surface area contributed by atoms with Crippen LogP contribution in [0.2, 0.25) is 0 Å². The number of aliphatic imine (C=N–C) groups is 2. The highest BCUT2D eigenvalue weighted by molar-refractivity contribution is 5.87. The van der Waals surface area contributed by atoms with Crippen molar-refractivity contribution < 1.29 is 28.6 Å². The molecule has 14 nitrogen and oxygen atoms in total. The number of ether oxygens (including phenoxy) is 3. The minimum atomic E-state index is -0.891. The van der Waals surface area contributed by atoms with Gasteiger partial charge in [-0.3, -0.25) is 19.4 Å². The van der Waals surface area contributed by atoms with Crippen molar-refractivity contribution in [2.75, 3.05) is 32.8 Å². The van der Waals surface area contributed by atoms with Crippen molar-refractivity contribution in [2.45, 2.75) is 217 Å². The van der Waals surface area contributed by atoms with Gasteiger partial charge in [0.05, 0.1) is 24.9 Å². The van der Waals surface area contributed by atoms with Crippen molar-refractivity contribution in [3.05, 3.63) is 12.2 Å². The number of unbranched alkanes of at least 4 members (excludes halogenated alkanes) is 13. The predicted octanol–water partition coefficient (Wildman–Crippen LogP) is 6.95. The summed E-state index contributed by atoms with van der Waals surface area (Å²) in [4.78, 5) is 51.3. The second-order valence-electron chi connectivity index (χ2n) is 18.5. The molecular formula is C47H82N8O6. The van der Waals surface area contributed by atoms with E-state index in [4.69, 9.17) is 30.7 Å². The SMILES string of the molecule is CCC1C=CCCC2(CC3CCC4C(C(=O)OCCCCCCCCCCCCCCCC(=O)N(CCCCN=C(N)N)CCCNC=O)C5(CCCC(C)O5)N=C(N2)N34)O1. The summed E-state index contributed by atoms with van der Waals surface area (Å²) >= 11 is 0. The van der Waals surface area contributed by atoms with Gasteiger partial charge in [-0.1, -0.05) is 89.7 Å². The zero-order chi connectivity index (χ0) is 43.3. The van der Waals surface area contributed by atoms with Crippen LogP contribution in [0.25, 0.3) is 0 Å². The first-order valence-corrected chi connectivity index (χ1v) is 24.5. The molecule has 3 saturated heterocycles. The van der Waals surface area contributed by atoms with Crippen LogP contribution in [0.4, 0.5) is 0 Å². The number of rotatable bonds is 28. The fourth-order valence-electron chi connectivity index (χ4n) is 10.4. The Morgan fingerprint density at radius 2 is 1.66 bits per heavy atom. The second kappa shape index (κ2) is 25.7. The number of nitrogens with one attached hydrogen (secondary N) is 2. The Labute approximate surface area is 367 Å². The Bertz CT molecular complexity index is 1440. The number of nitrogens with two attached hydrogens (primary N) is 2. The molecule has 0 saturated carbocycles. The van der Waals surface area contributed by atoms with Crippen LogP contribution in [-0.4, -0.2) is 109 Å². The second-order valence-corrected chi connectivity index (χ2v) is 18.5. The first-order chi connectivity index (χ1) is 29.7. The van der Waals surface area contributed by atoms with Crippen LogP contribution in [0.3, 0.4) is 0 Å². The molecule has 5 aliphatic rings. The molecule has 7 atom stereocenters. The smallest absolute Gasteiger partial charge is 0.316 e. The molecule has 2 spiro atoms. The Morgan fingerprint density at radius 1 is 0.951 bits per heavy atom. The minimum absolute atomic E-state index is 0.0263. The first kappa shape index (κ1) is 48.6. The molecule has 7 unspecified atom stereocenters. The normalized spacial score (nSPS) is 27.8. The molecule has 0 aromatic heterocycles. The Morgan fingerprint density at radius 3 is 2.34 bits per heavy atom. The number of hydrogen-bond donors (Lipinski definition) is 4. The Hall–Kier alpha value is -3.39. The van der Waals surface area contributed by atoms with Crippen molar-refractivity contribution in [1.82, 2.24) is 20.4 Å². The van der Waals surface area contributed by atoms with Gasteiger partial charge in [-0.25, -0.2) is 4.99 Å². The summed E-state index contributed by atoms with van der Waals surface area (Å²) in [6.45, 7) is 7.24. The van der Waals surface area contributed by atoms with Crippen LogP contribution in [0.1, 0.15) is 181 Å². The molecule has 0 aliphatic carbocycles. The van der Waals surface area contributed by atoms with Gasteiger partial charge in [-0.05, 0) is 90.4 Å². The van der Waals surface area contributed by atoms with E-state index in [9.17, 15) is 14.4 Å². The molecule has 0 bridgehead atoms. The molecule has 0 aromatic carbocycles. The monoisotopic (exact) mass is 855 g/mol. The summed E-state index contributed by atoms with van der Waals surface area (Å²) in [6.07, 6.45) is 31.8. The number of amides is 2. The molecule has 61 heavy (non-hydrogen) atoms. The van der Waals surface area contributed by atoms with Gasteiger partial charge in [0.15, 0.2) is 17.6 Å². The lowest BCUT2D eigenvalue weighted by Crippen LogP contribution is -2.71. The molecule has 2 amide bonds. The van der Waals surface area contributed by atoms with E-state index in [-0.39, 0.29) is 36.1 Å². The van der Waals surface area contributed by atoms with Gasteiger partial charge < -0.3 is 46.1 Å². The zero-order valence-electron chi connectivity index (χ0n) is 37.9. The minimum Gasteiger partial charge on any atom is -0.465 e. The lowest BCUT2D eigenvalue weighted by atomic mass is 9.80. The van der Waals surface area contributed by atoms with Crippen LogP contribution in [0.15, 0.2) is 22.1 Å². The average molecular weight is 855 g/mol. The van der Waals surface area contributed by atoms with Gasteiger partial charge in [0, 0.05) is 45.1 Å². The number of carbonyl (C=O) groups is 3. The van der Waals surface area contributed by atoms with Gasteiger partial charge in [0.2, 0.25) is 12.3 Å². The predicted molar refractivity (Wildman–Crippen MR) is 241 cm³/mol. The van der Waals surface area contributed by atoms with E-state index in [1.807, 2.05) is 4.90 Å². The summed E-state index contributed by atoms with van der Waals surface area (Å²) in [7, 11) is 0. The lowest BCUT2D eigenvalue weighted by Gasteiger charge is -2.55. The highest BCUT2D eigenvalue weighted by atomic mass is 16.6. The zero-order valence-corrected chi connectivity index (χ0v) is 37.9. The molecule has 5 rings (SSSR count). The van der Waals surface area contributed by atoms with Crippen molar-refractivity contribution in [1.29, 1.82) is 0 Å². The number of esters is 1. The van der Waals surface area contributed by atoms with Gasteiger partial charge in [-0.2, -0.15) is 0 Å². The summed E-state index contributed by atoms with van der Waals surface area (Å²) in [6, 6.07) is 0.320. The fourth-order valence-corrected chi connectivity index (χ4v) is 10.4. The summed E-state index contributed by atoms with van der Waals surface area (Å²) in [5, 5.41) is 6.48. The van der Waals surface area contributed by atoms with Crippen LogP contribution in [-0.2, 0) is 28.6 Å². The van der Waals surface area contributed by atoms with Gasteiger partial charge in [0.1, 0.15) is 11.6 Å². The van der Waals surface area contributed by atoms with E-state index in [2.05, 4.69) is 46.5 Å². The highest BCUT2D eigenvalue weighted by Gasteiger charge is 2.62. The van der Waals surface area contributed by atoms with Crippen LogP contribution >= 0.6 is 0 Å². The molecule has 3 fully saturated rings. The largest absolute Gasteiger partial charge is 0.465 e. The molecule has 14 heteroatoms. The van der Waals surface area contributed by atoms with E-state index in [0.29, 0.717) is 51.7 Å². The van der Waals surface area contributed by atoms with Crippen molar-refractivity contribution in [3.63, 3.8) is 0 Å². The van der Waals surface area contributed by atoms with Gasteiger partial charge in [0.25, 0.3) is 0 Å². The maximum atomic E-state index is 14.1. The maximum absolute atomic E-state index is 14.1. The van der Waals surface area contributed by atoms with Crippen LogP contribution in [0.5, 0.6) is 0 Å². The van der Waals surface area contributed by atoms with Crippen molar-refractivity contribution in [2.24, 2.45) is 27.4 Å². The van der Waals surface area contributed by atoms with E-state index < -0.39 is 17.4 Å². The molecule has 0 radical (unpaired) electrons. The number of nitrogens with zero attached hydrogens (tertiary/aromatic N) is 4. The van der Waals surface area contributed by atoms with Crippen molar-refractivity contribution in [3.8, 4) is 0 Å². The molecular weight excluding hydrogens is 773 g/mol. The molecule has 346 valence electrons. The van der Waals surface area contributed by atoms with E-state index in [0.717, 1.165) is 109 Å². The standard InChI is InChI=1S/C47H82N8O6/c1-3-39-24-16-17-28-46(61-39)35-38-26-27-40-42(47(29-21-23-37(2)60-47)53-45(52-46)55(38)40)43(58)59-34-20-14-12-10-8-6-4-5-7-9-11-13-15-25-41(57)54(33-22-30-50-36-56)32-19-18-31-51-44(48)49/h16,24,36-40,42H,3-15,17-23,25-35H2,1-2H3,(H,50,56)(H,52,53)(H4,48,49,51). The highest BCUT2D eigenvalue weighted by Crippen LogP contribution is 2.50. The number of carbonyl (C=O) groups excluding carboxylic acids is 3. The topological polar surface area (TPSA) is 186 Å². The summed E-state index contributed by atoms with van der Waals surface area (Å²) in [5.74, 6) is 0.605. The number of hydrogen-bond acceptors (Lipinski definition) is 10. The number of guanidine groups is 2. The third kappa shape index (κ3) is 14.9. The molecule has 5 aliphatic heterocycles. The van der Waals surface area contributed by atoms with E-state index in [1.165, 1.54) is 57.8 Å². The van der Waals surface area contributed by atoms with E-state index in [1.54, 1.807) is 0 Å². The van der Waals surface area contributed by atoms with Gasteiger partial charge >= 0.3 is 5.97 Å². The number of allylic oxidation sites excluding steroid dienone is 1. The van der Waals surface area contributed by atoms with Crippen LogP contribution < -0.4 is 22.1 Å². The Kier molecular flexibility index (Phi) is 20.5. The third-order valence-electron chi connectivity index (χ3n) is 13.6. The fraction of sp³-hybridized carbons (Fsp3) is 0.851. The average Bonchev–Trinajstić information content (AvgIpc) is 3.54. The summed E-state index contributed by atoms with van der Waals surface area (Å²) in [5.41, 5.74) is 9.48. The van der Waals surface area contributed by atoms with Crippen LogP contribution in [0, 0.1) is 5.92 Å². The summed E-state index contributed by atoms with van der Waals surface area (Å²) < 4.78 is 19.6. The maximum Gasteiger partial charge on any atom is 0.316 e. The Balaban J connectivity index is 0.921. The lowest BCUT2D eigenvalue weighted by molar-refractivity contribution is -0.194. The molecule has 5 heterocycles. The third-order valence-corrected chi connectivity index (χ3v) is 13.6. The first-order valence-electron chi connectivity index (χ1n) is 24.5. The van der Waals surface area contributed by atoms with Gasteiger partial charge in [-0.15, -0.1) is 0 Å². The van der Waals surface area contributed by atoms with Crippen molar-refractivity contribution >= 4 is 30.2 Å². The quantitative estimate of drug-likeness (QED) is 0.0160. The molecule has 6 N–H and O–H groups in total. The van der Waals surface area contributed by atoms with E-state index >= 15 is 0 Å². The molecule has 0 aromatic rings.